The molecule has 0 fully saturated rings. The Morgan fingerprint density at radius 3 is 1.44 bits per heavy atom. The van der Waals surface area contributed by atoms with E-state index < -0.39 is 0 Å². The Balaban J connectivity index is 0.000000202. The number of rotatable bonds is 16. The molecule has 8 rings (SSSR count). The van der Waals surface area contributed by atoms with E-state index in [1.165, 1.54) is 29.1 Å². The van der Waals surface area contributed by atoms with Crippen molar-refractivity contribution < 1.29 is 23.8 Å². The lowest BCUT2D eigenvalue weighted by atomic mass is 10.0. The van der Waals surface area contributed by atoms with Crippen LogP contribution >= 0.6 is 46.7 Å². The van der Waals surface area contributed by atoms with Gasteiger partial charge >= 0.3 is 0 Å². The minimum atomic E-state index is -0.201. The van der Waals surface area contributed by atoms with Gasteiger partial charge in [0.25, 0.3) is 0 Å². The highest BCUT2D eigenvalue weighted by Gasteiger charge is 2.18. The highest BCUT2D eigenvalue weighted by molar-refractivity contribution is 8.00. The molecule has 2 amide bonds. The predicted molar refractivity (Wildman–Crippen MR) is 272 cm³/mol. The molecule has 0 unspecified atom stereocenters. The molecule has 2 aromatic heterocycles. The second-order valence-corrected chi connectivity index (χ2v) is 17.2. The van der Waals surface area contributed by atoms with Crippen molar-refractivity contribution in [1.29, 1.82) is 0 Å². The van der Waals surface area contributed by atoms with E-state index in [1.54, 1.807) is 57.7 Å². The number of para-hydroxylation sites is 2. The Morgan fingerprint density at radius 1 is 0.515 bits per heavy atom. The molecule has 0 atom stereocenters. The first-order valence-electron chi connectivity index (χ1n) is 21.0. The maximum Gasteiger partial charge on any atom is 0.234 e. The first-order chi connectivity index (χ1) is 33.1. The van der Waals surface area contributed by atoms with Crippen LogP contribution in [0.4, 0.5) is 11.4 Å². The summed E-state index contributed by atoms with van der Waals surface area (Å²) in [5, 5.41) is 25.2. The van der Waals surface area contributed by atoms with Crippen LogP contribution in [0.15, 0.2) is 156 Å². The van der Waals surface area contributed by atoms with Crippen molar-refractivity contribution in [3.05, 3.63) is 161 Å². The van der Waals surface area contributed by atoms with Gasteiger partial charge in [0.05, 0.1) is 38.5 Å². The molecule has 8 aromatic rings. The zero-order valence-corrected chi connectivity index (χ0v) is 40.4. The number of hydrogen-bond donors (Lipinski definition) is 2. The summed E-state index contributed by atoms with van der Waals surface area (Å²) in [6.45, 7) is 2.08. The average molecular weight is 984 g/mol. The lowest BCUT2D eigenvalue weighted by Gasteiger charge is -2.11. The van der Waals surface area contributed by atoms with Crippen molar-refractivity contribution in [3.8, 4) is 62.3 Å². The monoisotopic (exact) mass is 982 g/mol. The Labute approximate surface area is 412 Å². The van der Waals surface area contributed by atoms with Crippen LogP contribution in [0.25, 0.3) is 45.0 Å². The summed E-state index contributed by atoms with van der Waals surface area (Å²) in [5.41, 5.74) is 8.50. The van der Waals surface area contributed by atoms with E-state index in [4.69, 9.17) is 47.4 Å². The van der Waals surface area contributed by atoms with Gasteiger partial charge in [0, 0.05) is 38.0 Å². The number of nitrogens with zero attached hydrogens (tertiary/aromatic N) is 6. The van der Waals surface area contributed by atoms with E-state index in [0.29, 0.717) is 54.6 Å². The molecule has 344 valence electrons. The molecule has 0 spiro atoms. The van der Waals surface area contributed by atoms with Gasteiger partial charge in [-0.1, -0.05) is 102 Å². The number of hydrogen-bond acceptors (Lipinski definition) is 13. The molecule has 0 aliphatic heterocycles. The van der Waals surface area contributed by atoms with Crippen molar-refractivity contribution in [2.75, 3.05) is 43.5 Å². The summed E-state index contributed by atoms with van der Waals surface area (Å²) in [7, 11) is 4.80. The van der Waals surface area contributed by atoms with Gasteiger partial charge in [-0.15, -0.1) is 20.4 Å². The Morgan fingerprint density at radius 2 is 0.971 bits per heavy atom. The number of carbonyl (C=O) groups is 2. The minimum Gasteiger partial charge on any atom is -0.497 e. The van der Waals surface area contributed by atoms with Crippen LogP contribution < -0.4 is 24.8 Å². The van der Waals surface area contributed by atoms with Crippen LogP contribution in [0, 0.1) is 0 Å². The normalized spacial score (nSPS) is 10.6. The summed E-state index contributed by atoms with van der Waals surface area (Å²) in [6.07, 6.45) is 0.908. The SMILES string of the molecule is CCc1cccc(NC(=O)CSc2nnc(-c3ccc(Cl)cc3)c(-c3ccc(Cl)cc3)n2)c1.COc1ccc(-c2nnc(SCC(=O)Nc3ccccc3OC)nc2-c2ccc(OC)cc2)cc1. The summed E-state index contributed by atoms with van der Waals surface area (Å²) < 4.78 is 15.8. The third-order valence-corrected chi connectivity index (χ3v) is 12.1. The predicted octanol–water partition coefficient (Wildman–Crippen LogP) is 11.8. The second kappa shape index (κ2) is 24.1. The molecule has 6 aromatic carbocycles. The molecule has 17 heteroatoms. The van der Waals surface area contributed by atoms with Gasteiger partial charge in [0.2, 0.25) is 22.1 Å². The van der Waals surface area contributed by atoms with E-state index in [0.717, 1.165) is 45.9 Å². The molecule has 13 nitrogen and oxygen atoms in total. The van der Waals surface area contributed by atoms with Gasteiger partial charge in [0.1, 0.15) is 40.0 Å². The first kappa shape index (κ1) is 48.9. The molecule has 0 bridgehead atoms. The number of benzene rings is 6. The van der Waals surface area contributed by atoms with Crippen LogP contribution in [-0.2, 0) is 16.0 Å². The number of aryl methyl sites for hydroxylation is 1. The Bertz CT molecular complexity index is 2970. The van der Waals surface area contributed by atoms with E-state index in [9.17, 15) is 9.59 Å². The summed E-state index contributed by atoms with van der Waals surface area (Å²) in [4.78, 5) is 34.5. The smallest absolute Gasteiger partial charge is 0.234 e. The van der Waals surface area contributed by atoms with E-state index >= 15 is 0 Å². The third kappa shape index (κ3) is 13.3. The number of thioether (sulfide) groups is 2. The van der Waals surface area contributed by atoms with Gasteiger partial charge in [-0.3, -0.25) is 9.59 Å². The van der Waals surface area contributed by atoms with Gasteiger partial charge in [-0.2, -0.15) is 0 Å². The maximum atomic E-state index is 12.5. The highest BCUT2D eigenvalue weighted by atomic mass is 35.5. The van der Waals surface area contributed by atoms with E-state index in [1.807, 2.05) is 109 Å². The van der Waals surface area contributed by atoms with Crippen molar-refractivity contribution in [2.24, 2.45) is 0 Å². The van der Waals surface area contributed by atoms with Gasteiger partial charge in [-0.05, 0) is 109 Å². The third-order valence-electron chi connectivity index (χ3n) is 9.96. The van der Waals surface area contributed by atoms with Crippen LogP contribution in [0.3, 0.4) is 0 Å². The molecular weight excluding hydrogens is 940 g/mol. The molecule has 0 aliphatic rings. The summed E-state index contributed by atoms with van der Waals surface area (Å²) in [6, 6.07) is 44.9. The van der Waals surface area contributed by atoms with Crippen LogP contribution in [0.1, 0.15) is 12.5 Å². The van der Waals surface area contributed by atoms with Crippen LogP contribution in [-0.4, -0.2) is 75.0 Å². The number of methoxy groups -OCH3 is 3. The standard InChI is InChI=1S/C26H24N4O4S.C25H20Cl2N4OS/c1-32-19-12-8-17(9-13-19)24-25(18-10-14-20(33-2)15-11-18)29-30-26(28-24)35-16-23(31)27-21-6-4-5-7-22(21)34-3;1-2-16-4-3-5-21(14-16)28-22(32)15-33-25-29-23(17-6-10-19(26)11-7-17)24(30-31-25)18-8-12-20(27)13-9-18/h4-15H,16H2,1-3H3,(H,27,31);3-14H,2,15H2,1H3,(H,28,32). The van der Waals surface area contributed by atoms with Gasteiger partial charge in [0.15, 0.2) is 0 Å². The second-order valence-electron chi connectivity index (χ2n) is 14.5. The molecule has 0 radical (unpaired) electrons. The van der Waals surface area contributed by atoms with Crippen LogP contribution in [0.2, 0.25) is 10.0 Å². The number of nitrogens with one attached hydrogen (secondary N) is 2. The first-order valence-corrected chi connectivity index (χ1v) is 23.7. The topological polar surface area (TPSA) is 163 Å². The lowest BCUT2D eigenvalue weighted by molar-refractivity contribution is -0.114. The number of carbonyl (C=O) groups excluding carboxylic acids is 2. The maximum absolute atomic E-state index is 12.5. The fourth-order valence-corrected chi connectivity index (χ4v) is 7.94. The van der Waals surface area contributed by atoms with Crippen molar-refractivity contribution in [3.63, 3.8) is 0 Å². The Kier molecular flexibility index (Phi) is 17.3. The van der Waals surface area contributed by atoms with Crippen molar-refractivity contribution >= 4 is 69.9 Å². The number of ether oxygens (including phenoxy) is 3. The molecule has 68 heavy (non-hydrogen) atoms. The van der Waals surface area contributed by atoms with Crippen molar-refractivity contribution in [2.45, 2.75) is 23.7 Å². The van der Waals surface area contributed by atoms with Gasteiger partial charge < -0.3 is 24.8 Å². The zero-order valence-electron chi connectivity index (χ0n) is 37.3. The fourth-order valence-electron chi connectivity index (χ4n) is 6.51. The largest absolute Gasteiger partial charge is 0.497 e. The molecule has 2 heterocycles. The molecule has 2 N–H and O–H groups in total. The summed E-state index contributed by atoms with van der Waals surface area (Å²) >= 11 is 14.5. The molecule has 0 aliphatic carbocycles. The number of anilines is 2. The van der Waals surface area contributed by atoms with Crippen LogP contribution in [0.5, 0.6) is 17.2 Å². The highest BCUT2D eigenvalue weighted by Crippen LogP contribution is 2.34. The van der Waals surface area contributed by atoms with Crippen molar-refractivity contribution in [1.82, 2.24) is 30.4 Å². The lowest BCUT2D eigenvalue weighted by Crippen LogP contribution is -2.15. The molecule has 0 saturated heterocycles. The quantitative estimate of drug-likeness (QED) is 0.0880. The Hall–Kier alpha value is -7.04. The average Bonchev–Trinajstić information content (AvgIpc) is 3.38. The molecular formula is C51H44Cl2N8O5S2. The molecule has 0 saturated carbocycles. The fraction of sp³-hybridized carbons (Fsp3) is 0.137. The minimum absolute atomic E-state index is 0.115. The van der Waals surface area contributed by atoms with E-state index in [2.05, 4.69) is 38.0 Å². The van der Waals surface area contributed by atoms with E-state index in [-0.39, 0.29) is 23.3 Å². The van der Waals surface area contributed by atoms with Gasteiger partial charge in [-0.25, -0.2) is 9.97 Å². The number of halogens is 2. The zero-order chi connectivity index (χ0) is 47.8. The number of aromatic nitrogens is 6. The number of amides is 2. The summed E-state index contributed by atoms with van der Waals surface area (Å²) in [5.74, 6) is 2.02.